The van der Waals surface area contributed by atoms with Gasteiger partial charge in [0.05, 0.1) is 5.66 Å². The Hall–Kier alpha value is 0.210. The Morgan fingerprint density at radius 3 is 1.42 bits per heavy atom. The number of nitrogens with one attached hydrogen (secondary N) is 2. The highest BCUT2D eigenvalue weighted by atomic mass is 35.5. The zero-order valence-corrected chi connectivity index (χ0v) is 9.29. The highest BCUT2D eigenvalue weighted by Gasteiger charge is 2.38. The molecule has 0 aromatic heterocycles. The average Bonchev–Trinajstić information content (AvgIpc) is 2.34. The van der Waals surface area contributed by atoms with Gasteiger partial charge in [0.2, 0.25) is 0 Å². The van der Waals surface area contributed by atoms with Crippen molar-refractivity contribution in [1.29, 1.82) is 0 Å². The molecule has 0 radical (unpaired) electrons. The predicted molar refractivity (Wildman–Crippen MR) is 55.7 cm³/mol. The summed E-state index contributed by atoms with van der Waals surface area (Å²) in [5.41, 5.74) is 0.194. The Bertz CT molecular complexity index is 118. The zero-order valence-electron chi connectivity index (χ0n) is 8.48. The number of halogens is 1. The van der Waals surface area contributed by atoms with E-state index in [4.69, 9.17) is 0 Å². The van der Waals surface area contributed by atoms with Gasteiger partial charge in [-0.2, -0.15) is 0 Å². The first-order chi connectivity index (χ1) is 5.09. The molecule has 74 valence electrons. The van der Waals surface area contributed by atoms with Crippen LogP contribution in [-0.2, 0) is 0 Å². The second kappa shape index (κ2) is 4.45. The molecule has 0 saturated carbocycles. The molecule has 12 heavy (non-hydrogen) atoms. The first-order valence-electron chi connectivity index (χ1n) is 4.59. The van der Waals surface area contributed by atoms with Crippen LogP contribution in [0.1, 0.15) is 27.7 Å². The lowest BCUT2D eigenvalue weighted by Crippen LogP contribution is -2.57. The maximum atomic E-state index is 3.56. The van der Waals surface area contributed by atoms with Gasteiger partial charge in [-0.3, -0.25) is 10.6 Å². The summed E-state index contributed by atoms with van der Waals surface area (Å²) in [6, 6.07) is 0. The van der Waals surface area contributed by atoms with Gasteiger partial charge < -0.3 is 0 Å². The quantitative estimate of drug-likeness (QED) is 0.695. The molecule has 2 N–H and O–H groups in total. The van der Waals surface area contributed by atoms with Crippen LogP contribution in [0.3, 0.4) is 0 Å². The molecule has 1 heterocycles. The molecule has 0 spiro atoms. The summed E-state index contributed by atoms with van der Waals surface area (Å²) >= 11 is 0. The van der Waals surface area contributed by atoms with Crippen molar-refractivity contribution in [2.24, 2.45) is 11.8 Å². The molecule has 1 rings (SSSR count). The van der Waals surface area contributed by atoms with Crippen LogP contribution in [0, 0.1) is 11.8 Å². The summed E-state index contributed by atoms with van der Waals surface area (Å²) in [5.74, 6) is 1.31. The minimum Gasteiger partial charge on any atom is -0.298 e. The number of rotatable bonds is 2. The van der Waals surface area contributed by atoms with Gasteiger partial charge in [0.25, 0.3) is 0 Å². The van der Waals surface area contributed by atoms with Crippen molar-refractivity contribution >= 4 is 12.4 Å². The van der Waals surface area contributed by atoms with Crippen LogP contribution < -0.4 is 10.6 Å². The molecule has 1 fully saturated rings. The van der Waals surface area contributed by atoms with Crippen LogP contribution in [0.25, 0.3) is 0 Å². The van der Waals surface area contributed by atoms with Crippen molar-refractivity contribution in [2.45, 2.75) is 33.4 Å². The molecule has 2 nitrogen and oxygen atoms in total. The zero-order chi connectivity index (χ0) is 8.48. The number of hydrogen-bond acceptors (Lipinski definition) is 2. The number of hydrogen-bond donors (Lipinski definition) is 2. The second-order valence-corrected chi connectivity index (χ2v) is 4.03. The van der Waals surface area contributed by atoms with Crippen molar-refractivity contribution in [3.8, 4) is 0 Å². The smallest absolute Gasteiger partial charge is 0.0735 e. The van der Waals surface area contributed by atoms with Crippen molar-refractivity contribution in [1.82, 2.24) is 10.6 Å². The van der Waals surface area contributed by atoms with Crippen LogP contribution >= 0.6 is 12.4 Å². The standard InChI is InChI=1S/C9H20N2.ClH/c1-7(2)9(8(3)4)10-5-6-11-9;/h7-8,10-11H,5-6H2,1-4H3;1H. The lowest BCUT2D eigenvalue weighted by atomic mass is 9.86. The topological polar surface area (TPSA) is 24.1 Å². The van der Waals surface area contributed by atoms with Crippen molar-refractivity contribution < 1.29 is 0 Å². The molecular formula is C9H21ClN2. The van der Waals surface area contributed by atoms with Crippen molar-refractivity contribution in [2.75, 3.05) is 13.1 Å². The average molecular weight is 193 g/mol. The van der Waals surface area contributed by atoms with Gasteiger partial charge in [0.15, 0.2) is 0 Å². The Morgan fingerprint density at radius 2 is 1.25 bits per heavy atom. The third-order valence-corrected chi connectivity index (χ3v) is 2.78. The normalized spacial score (nSPS) is 21.5. The summed E-state index contributed by atoms with van der Waals surface area (Å²) < 4.78 is 0. The van der Waals surface area contributed by atoms with Gasteiger partial charge in [-0.1, -0.05) is 27.7 Å². The molecule has 0 atom stereocenters. The molecule has 0 aromatic carbocycles. The summed E-state index contributed by atoms with van der Waals surface area (Å²) in [4.78, 5) is 0. The largest absolute Gasteiger partial charge is 0.298 e. The van der Waals surface area contributed by atoms with Crippen LogP contribution in [0.15, 0.2) is 0 Å². The van der Waals surface area contributed by atoms with E-state index in [1.54, 1.807) is 0 Å². The Labute approximate surface area is 81.9 Å². The van der Waals surface area contributed by atoms with Crippen LogP contribution in [0.4, 0.5) is 0 Å². The van der Waals surface area contributed by atoms with E-state index in [0.29, 0.717) is 11.8 Å². The molecule has 1 saturated heterocycles. The maximum absolute atomic E-state index is 3.56. The summed E-state index contributed by atoms with van der Waals surface area (Å²) in [6.45, 7) is 11.3. The van der Waals surface area contributed by atoms with E-state index < -0.39 is 0 Å². The van der Waals surface area contributed by atoms with E-state index >= 15 is 0 Å². The third kappa shape index (κ3) is 1.93. The molecule has 1 aliphatic rings. The van der Waals surface area contributed by atoms with Gasteiger partial charge in [0.1, 0.15) is 0 Å². The van der Waals surface area contributed by atoms with Gasteiger partial charge >= 0.3 is 0 Å². The maximum Gasteiger partial charge on any atom is 0.0735 e. The summed E-state index contributed by atoms with van der Waals surface area (Å²) in [5, 5.41) is 7.12. The fourth-order valence-electron chi connectivity index (χ4n) is 2.08. The van der Waals surface area contributed by atoms with E-state index in [0.717, 1.165) is 13.1 Å². The molecule has 0 amide bonds. The van der Waals surface area contributed by atoms with Crippen LogP contribution in [0.5, 0.6) is 0 Å². The van der Waals surface area contributed by atoms with Gasteiger partial charge in [-0.05, 0) is 11.8 Å². The van der Waals surface area contributed by atoms with E-state index in [1.807, 2.05) is 0 Å². The van der Waals surface area contributed by atoms with E-state index in [9.17, 15) is 0 Å². The Morgan fingerprint density at radius 1 is 0.917 bits per heavy atom. The molecule has 1 aliphatic heterocycles. The molecule has 0 aromatic rings. The highest BCUT2D eigenvalue weighted by molar-refractivity contribution is 5.85. The monoisotopic (exact) mass is 192 g/mol. The molecule has 0 unspecified atom stereocenters. The van der Waals surface area contributed by atoms with Gasteiger partial charge in [-0.15, -0.1) is 12.4 Å². The SMILES string of the molecule is CC(C)C1(C(C)C)NCCN1.Cl. The summed E-state index contributed by atoms with van der Waals surface area (Å²) in [7, 11) is 0. The minimum absolute atomic E-state index is 0. The third-order valence-electron chi connectivity index (χ3n) is 2.78. The summed E-state index contributed by atoms with van der Waals surface area (Å²) in [6.07, 6.45) is 0. The van der Waals surface area contributed by atoms with Crippen molar-refractivity contribution in [3.63, 3.8) is 0 Å². The van der Waals surface area contributed by atoms with E-state index in [-0.39, 0.29) is 18.1 Å². The van der Waals surface area contributed by atoms with Crippen LogP contribution in [0.2, 0.25) is 0 Å². The minimum atomic E-state index is 0. The second-order valence-electron chi connectivity index (χ2n) is 4.03. The van der Waals surface area contributed by atoms with Gasteiger partial charge in [0, 0.05) is 13.1 Å². The lowest BCUT2D eigenvalue weighted by Gasteiger charge is -2.38. The Kier molecular flexibility index (Phi) is 4.53. The predicted octanol–water partition coefficient (Wildman–Crippen LogP) is 1.61. The molecule has 0 aliphatic carbocycles. The Balaban J connectivity index is 0.00000121. The fourth-order valence-corrected chi connectivity index (χ4v) is 2.08. The molecule has 0 bridgehead atoms. The highest BCUT2D eigenvalue weighted by Crippen LogP contribution is 2.24. The van der Waals surface area contributed by atoms with E-state index in [1.165, 1.54) is 0 Å². The molecular weight excluding hydrogens is 172 g/mol. The van der Waals surface area contributed by atoms with Gasteiger partial charge in [-0.25, -0.2) is 0 Å². The van der Waals surface area contributed by atoms with Crippen LogP contribution in [-0.4, -0.2) is 18.8 Å². The fraction of sp³-hybridized carbons (Fsp3) is 1.00. The van der Waals surface area contributed by atoms with Crippen molar-refractivity contribution in [3.05, 3.63) is 0 Å². The molecule has 3 heteroatoms. The first kappa shape index (κ1) is 12.2. The van der Waals surface area contributed by atoms with E-state index in [2.05, 4.69) is 38.3 Å². The first-order valence-corrected chi connectivity index (χ1v) is 4.59. The lowest BCUT2D eigenvalue weighted by molar-refractivity contribution is 0.164.